The maximum atomic E-state index is 11.9. The molecule has 2 atom stereocenters. The Hall–Kier alpha value is -0.650. The van der Waals surface area contributed by atoms with Crippen LogP contribution in [0.1, 0.15) is 34.6 Å². The maximum absolute atomic E-state index is 11.9. The second kappa shape index (κ2) is 8.27. The summed E-state index contributed by atoms with van der Waals surface area (Å²) in [6.07, 6.45) is 0.872. The molecule has 0 aromatic carbocycles. The number of ether oxygens (including phenoxy) is 1. The van der Waals surface area contributed by atoms with E-state index in [1.54, 1.807) is 20.8 Å². The molecule has 8 heteroatoms. The Bertz CT molecular complexity index is 415. The van der Waals surface area contributed by atoms with Crippen molar-refractivity contribution in [1.82, 2.24) is 10.6 Å². The molecule has 0 fully saturated rings. The van der Waals surface area contributed by atoms with Crippen LogP contribution in [0.3, 0.4) is 0 Å². The first kappa shape index (κ1) is 21.4. The molecule has 128 valence electrons. The Morgan fingerprint density at radius 2 is 1.64 bits per heavy atom. The molecule has 0 saturated heterocycles. The lowest BCUT2D eigenvalue weighted by atomic mass is 9.96. The van der Waals surface area contributed by atoms with Crippen molar-refractivity contribution in [2.24, 2.45) is 5.92 Å². The van der Waals surface area contributed by atoms with E-state index in [1.807, 2.05) is 13.8 Å². The summed E-state index contributed by atoms with van der Waals surface area (Å²) < 4.78 is 3.12. The third-order valence-corrected chi connectivity index (χ3v) is 3.11. The molecule has 0 spiro atoms. The van der Waals surface area contributed by atoms with Crippen LogP contribution in [0.15, 0.2) is 12.7 Å². The summed E-state index contributed by atoms with van der Waals surface area (Å²) in [5, 5.41) is 5.24. The quantitative estimate of drug-likeness (QED) is 0.572. The third-order valence-electron chi connectivity index (χ3n) is 2.60. The molecule has 0 radical (unpaired) electrons. The number of hydrogen-bond acceptors (Lipinski definition) is 3. The molecular weight excluding hydrogens is 351 g/mol. The predicted octanol–water partition coefficient (Wildman–Crippen LogP) is 3.58. The first-order chi connectivity index (χ1) is 9.77. The van der Waals surface area contributed by atoms with Crippen molar-refractivity contribution in [2.45, 2.75) is 56.1 Å². The van der Waals surface area contributed by atoms with Crippen LogP contribution in [-0.2, 0) is 9.53 Å². The van der Waals surface area contributed by atoms with Gasteiger partial charge in [0.05, 0.1) is 12.1 Å². The molecule has 5 nitrogen and oxygen atoms in total. The van der Waals surface area contributed by atoms with E-state index >= 15 is 0 Å². The van der Waals surface area contributed by atoms with E-state index in [0.29, 0.717) is 0 Å². The zero-order valence-electron chi connectivity index (χ0n) is 13.4. The topological polar surface area (TPSA) is 67.4 Å². The van der Waals surface area contributed by atoms with Crippen LogP contribution < -0.4 is 10.6 Å². The molecule has 0 saturated carbocycles. The van der Waals surface area contributed by atoms with Crippen molar-refractivity contribution in [3.63, 3.8) is 0 Å². The van der Waals surface area contributed by atoms with Crippen LogP contribution in [0.5, 0.6) is 0 Å². The molecular formula is C14H23Cl3N2O3. The number of alkyl carbamates (subject to hydrolysis) is 1. The lowest BCUT2D eigenvalue weighted by Gasteiger charge is -2.31. The van der Waals surface area contributed by atoms with E-state index in [1.165, 1.54) is 6.08 Å². The highest BCUT2D eigenvalue weighted by atomic mass is 35.6. The van der Waals surface area contributed by atoms with Gasteiger partial charge in [0.2, 0.25) is 0 Å². The van der Waals surface area contributed by atoms with Gasteiger partial charge in [-0.25, -0.2) is 4.79 Å². The minimum absolute atomic E-state index is 0.0220. The molecule has 2 N–H and O–H groups in total. The molecule has 0 bridgehead atoms. The van der Waals surface area contributed by atoms with E-state index in [0.717, 1.165) is 0 Å². The first-order valence-electron chi connectivity index (χ1n) is 6.77. The van der Waals surface area contributed by atoms with E-state index in [-0.39, 0.29) is 5.92 Å². The molecule has 1 unspecified atom stereocenters. The fourth-order valence-electron chi connectivity index (χ4n) is 1.64. The van der Waals surface area contributed by atoms with Crippen molar-refractivity contribution in [2.75, 3.05) is 0 Å². The normalized spacial score (nSPS) is 15.0. The van der Waals surface area contributed by atoms with Crippen LogP contribution in [0.2, 0.25) is 0 Å². The van der Waals surface area contributed by atoms with Gasteiger partial charge in [-0.05, 0) is 26.7 Å². The van der Waals surface area contributed by atoms with Crippen molar-refractivity contribution in [3.8, 4) is 0 Å². The monoisotopic (exact) mass is 372 g/mol. The van der Waals surface area contributed by atoms with Crippen LogP contribution in [0.4, 0.5) is 4.79 Å². The highest BCUT2D eigenvalue weighted by Crippen LogP contribution is 2.26. The highest BCUT2D eigenvalue weighted by Gasteiger charge is 2.35. The minimum atomic E-state index is -2.09. The largest absolute Gasteiger partial charge is 0.444 e. The Morgan fingerprint density at radius 3 is 1.95 bits per heavy atom. The van der Waals surface area contributed by atoms with Crippen molar-refractivity contribution in [3.05, 3.63) is 12.7 Å². The highest BCUT2D eigenvalue weighted by molar-refractivity contribution is 6.76. The fourth-order valence-corrected chi connectivity index (χ4v) is 1.81. The van der Waals surface area contributed by atoms with Crippen molar-refractivity contribution >= 4 is 46.8 Å². The van der Waals surface area contributed by atoms with Gasteiger partial charge in [0.1, 0.15) is 5.60 Å². The minimum Gasteiger partial charge on any atom is -0.444 e. The van der Waals surface area contributed by atoms with E-state index in [9.17, 15) is 9.59 Å². The van der Waals surface area contributed by atoms with Gasteiger partial charge < -0.3 is 15.4 Å². The summed E-state index contributed by atoms with van der Waals surface area (Å²) in [7, 11) is 0. The summed E-state index contributed by atoms with van der Waals surface area (Å²) in [5.74, 6) is -0.815. The second-order valence-corrected chi connectivity index (χ2v) is 8.43. The molecule has 0 heterocycles. The molecule has 22 heavy (non-hydrogen) atoms. The van der Waals surface area contributed by atoms with Gasteiger partial charge in [0.15, 0.2) is 0 Å². The second-order valence-electron chi connectivity index (χ2n) is 6.15. The summed E-state index contributed by atoms with van der Waals surface area (Å²) in [4.78, 5) is 23.7. The smallest absolute Gasteiger partial charge is 0.407 e. The number of alkyl halides is 3. The number of rotatable bonds is 5. The Morgan fingerprint density at radius 1 is 1.14 bits per heavy atom. The van der Waals surface area contributed by atoms with Crippen molar-refractivity contribution < 1.29 is 14.3 Å². The third kappa shape index (κ3) is 8.11. The van der Waals surface area contributed by atoms with Crippen LogP contribution in [0, 0.1) is 5.92 Å². The van der Waals surface area contributed by atoms with Crippen LogP contribution in [-0.4, -0.2) is 33.5 Å². The van der Waals surface area contributed by atoms with Gasteiger partial charge in [-0.1, -0.05) is 54.7 Å². The van der Waals surface area contributed by atoms with Gasteiger partial charge in [-0.15, -0.1) is 6.58 Å². The Balaban J connectivity index is 5.01. The Labute approximate surface area is 146 Å². The predicted molar refractivity (Wildman–Crippen MR) is 90.4 cm³/mol. The van der Waals surface area contributed by atoms with Gasteiger partial charge in [0.25, 0.3) is 9.70 Å². The molecule has 0 rings (SSSR count). The number of nitrogens with one attached hydrogen (secondary N) is 2. The summed E-state index contributed by atoms with van der Waals surface area (Å²) >= 11 is 16.6. The summed E-state index contributed by atoms with van der Waals surface area (Å²) in [6.45, 7) is 12.7. The van der Waals surface area contributed by atoms with Gasteiger partial charge in [-0.2, -0.15) is 0 Å². The molecule has 2 amide bonds. The average Bonchev–Trinajstić information content (AvgIpc) is 2.29. The first-order valence-corrected chi connectivity index (χ1v) is 7.91. The fraction of sp³-hybridized carbons (Fsp3) is 0.714. The number of halogens is 3. The number of carbonyl (C=O) groups excluding carboxylic acids is 2. The van der Waals surface area contributed by atoms with Gasteiger partial charge in [0, 0.05) is 0 Å². The van der Waals surface area contributed by atoms with Crippen LogP contribution in [0.25, 0.3) is 0 Å². The summed E-state index contributed by atoms with van der Waals surface area (Å²) in [6, 6.07) is -1.08. The molecule has 0 aliphatic rings. The molecule has 0 aliphatic heterocycles. The SMILES string of the molecule is C=CC(NC(=O)C(Cl)(Cl)Cl)[C@@H](NC(=O)OC(C)(C)C)C(C)C. The lowest BCUT2D eigenvalue weighted by Crippen LogP contribution is -2.55. The zero-order chi connectivity index (χ0) is 17.7. The van der Waals surface area contributed by atoms with Crippen molar-refractivity contribution in [1.29, 1.82) is 0 Å². The van der Waals surface area contributed by atoms with E-state index < -0.39 is 33.5 Å². The molecule has 0 aliphatic carbocycles. The number of hydrogen-bond donors (Lipinski definition) is 2. The number of carbonyl (C=O) groups is 2. The number of amides is 2. The van der Waals surface area contributed by atoms with Crippen LogP contribution >= 0.6 is 34.8 Å². The molecule has 0 aromatic heterocycles. The van der Waals surface area contributed by atoms with E-state index in [2.05, 4.69) is 17.2 Å². The van der Waals surface area contributed by atoms with E-state index in [4.69, 9.17) is 39.5 Å². The lowest BCUT2D eigenvalue weighted by molar-refractivity contribution is -0.120. The summed E-state index contributed by atoms with van der Waals surface area (Å²) in [5.41, 5.74) is -0.629. The average molecular weight is 374 g/mol. The maximum Gasteiger partial charge on any atom is 0.407 e. The molecule has 0 aromatic rings. The zero-order valence-corrected chi connectivity index (χ0v) is 15.6. The van der Waals surface area contributed by atoms with Gasteiger partial charge >= 0.3 is 6.09 Å². The van der Waals surface area contributed by atoms with Gasteiger partial charge in [-0.3, -0.25) is 4.79 Å². The Kier molecular flexibility index (Phi) is 8.03. The standard InChI is InChI=1S/C14H23Cl3N2O3/c1-7-9(18-11(20)14(15,16)17)10(8(2)3)19-12(21)22-13(4,5)6/h7-10H,1H2,2-6H3,(H,18,20)(H,19,21)/t9?,10-/m0/s1.